The molecule has 38 heavy (non-hydrogen) atoms. The molecule has 0 saturated heterocycles. The third-order valence-corrected chi connectivity index (χ3v) is 7.28. The van der Waals surface area contributed by atoms with E-state index in [0.29, 0.717) is 32.5 Å². The van der Waals surface area contributed by atoms with Crippen molar-refractivity contribution in [1.82, 2.24) is 14.3 Å². The number of amides is 1. The van der Waals surface area contributed by atoms with Crippen LogP contribution in [0.4, 0.5) is 9.52 Å². The molecular weight excluding hydrogens is 495 g/mol. The number of hydrogen-bond acceptors (Lipinski definition) is 5. The summed E-state index contributed by atoms with van der Waals surface area (Å²) in [5.41, 5.74) is 3.33. The number of anilines is 1. The molecule has 5 nitrogen and oxygen atoms in total. The maximum atomic E-state index is 13.5. The van der Waals surface area contributed by atoms with E-state index < -0.39 is 0 Å². The second-order valence-electron chi connectivity index (χ2n) is 9.42. The zero-order valence-corrected chi connectivity index (χ0v) is 22.7. The SMILES string of the molecule is CCCCN(CCC(=O)N(CCc1ccccc1)Cc1ccccc1)c1nc(Cc2ccc(F)cc2)ns1. The lowest BCUT2D eigenvalue weighted by atomic mass is 10.1. The van der Waals surface area contributed by atoms with Crippen molar-refractivity contribution in [2.45, 2.75) is 45.6 Å². The van der Waals surface area contributed by atoms with Gasteiger partial charge in [-0.3, -0.25) is 4.79 Å². The monoisotopic (exact) mass is 530 g/mol. The number of hydrogen-bond donors (Lipinski definition) is 0. The lowest BCUT2D eigenvalue weighted by Gasteiger charge is -2.26. The lowest BCUT2D eigenvalue weighted by molar-refractivity contribution is -0.131. The van der Waals surface area contributed by atoms with E-state index in [4.69, 9.17) is 4.98 Å². The predicted molar refractivity (Wildman–Crippen MR) is 153 cm³/mol. The van der Waals surface area contributed by atoms with Gasteiger partial charge in [-0.1, -0.05) is 86.1 Å². The Morgan fingerprint density at radius 2 is 1.53 bits per heavy atom. The van der Waals surface area contributed by atoms with Crippen LogP contribution in [0.25, 0.3) is 0 Å². The lowest BCUT2D eigenvalue weighted by Crippen LogP contribution is -2.36. The van der Waals surface area contributed by atoms with Gasteiger partial charge in [0.15, 0.2) is 0 Å². The fourth-order valence-corrected chi connectivity index (χ4v) is 5.01. The quantitative estimate of drug-likeness (QED) is 0.186. The van der Waals surface area contributed by atoms with E-state index in [9.17, 15) is 9.18 Å². The predicted octanol–water partition coefficient (Wildman–Crippen LogP) is 6.54. The van der Waals surface area contributed by atoms with Crippen LogP contribution in [0.3, 0.4) is 0 Å². The van der Waals surface area contributed by atoms with Crippen LogP contribution in [-0.2, 0) is 24.2 Å². The second-order valence-corrected chi connectivity index (χ2v) is 10.2. The van der Waals surface area contributed by atoms with E-state index in [0.717, 1.165) is 47.9 Å². The van der Waals surface area contributed by atoms with Gasteiger partial charge >= 0.3 is 0 Å². The summed E-state index contributed by atoms with van der Waals surface area (Å²) in [5, 5.41) is 0.835. The fraction of sp³-hybridized carbons (Fsp3) is 0.323. The largest absolute Gasteiger partial charge is 0.346 e. The van der Waals surface area contributed by atoms with E-state index in [-0.39, 0.29) is 11.7 Å². The van der Waals surface area contributed by atoms with Crippen molar-refractivity contribution >= 4 is 22.6 Å². The molecule has 0 saturated carbocycles. The number of carbonyl (C=O) groups is 1. The second kappa shape index (κ2) is 14.4. The summed E-state index contributed by atoms with van der Waals surface area (Å²) in [5.74, 6) is 0.612. The molecule has 7 heteroatoms. The first-order valence-electron chi connectivity index (χ1n) is 13.3. The minimum atomic E-state index is -0.249. The van der Waals surface area contributed by atoms with Gasteiger partial charge in [0.05, 0.1) is 0 Å². The van der Waals surface area contributed by atoms with E-state index in [1.165, 1.54) is 29.2 Å². The van der Waals surface area contributed by atoms with Crippen LogP contribution < -0.4 is 4.90 Å². The smallest absolute Gasteiger partial charge is 0.224 e. The van der Waals surface area contributed by atoms with Gasteiger partial charge in [-0.25, -0.2) is 9.37 Å². The molecule has 0 N–H and O–H groups in total. The first-order chi connectivity index (χ1) is 18.6. The average molecular weight is 531 g/mol. The summed E-state index contributed by atoms with van der Waals surface area (Å²) in [6.45, 7) is 4.86. The molecule has 0 bridgehead atoms. The van der Waals surface area contributed by atoms with Crippen molar-refractivity contribution < 1.29 is 9.18 Å². The highest BCUT2D eigenvalue weighted by Crippen LogP contribution is 2.21. The molecule has 0 atom stereocenters. The van der Waals surface area contributed by atoms with Gasteiger partial charge in [0.1, 0.15) is 11.6 Å². The Balaban J connectivity index is 1.41. The summed E-state index contributed by atoms with van der Waals surface area (Å²) in [7, 11) is 0. The Morgan fingerprint density at radius 3 is 2.21 bits per heavy atom. The topological polar surface area (TPSA) is 49.3 Å². The van der Waals surface area contributed by atoms with E-state index in [1.54, 1.807) is 12.1 Å². The Morgan fingerprint density at radius 1 is 0.842 bits per heavy atom. The van der Waals surface area contributed by atoms with Gasteiger partial charge < -0.3 is 9.80 Å². The van der Waals surface area contributed by atoms with Gasteiger partial charge in [0.2, 0.25) is 11.0 Å². The molecule has 1 heterocycles. The summed E-state index contributed by atoms with van der Waals surface area (Å²) >= 11 is 1.37. The summed E-state index contributed by atoms with van der Waals surface area (Å²) in [4.78, 5) is 22.4. The van der Waals surface area contributed by atoms with Gasteiger partial charge in [-0.15, -0.1) is 0 Å². The number of rotatable bonds is 14. The summed E-state index contributed by atoms with van der Waals surface area (Å²) < 4.78 is 17.8. The van der Waals surface area contributed by atoms with Crippen LogP contribution in [0.1, 0.15) is 48.7 Å². The maximum Gasteiger partial charge on any atom is 0.224 e. The molecule has 1 amide bonds. The molecule has 0 radical (unpaired) electrons. The van der Waals surface area contributed by atoms with Crippen molar-refractivity contribution in [1.29, 1.82) is 0 Å². The van der Waals surface area contributed by atoms with Crippen LogP contribution in [-0.4, -0.2) is 39.8 Å². The van der Waals surface area contributed by atoms with Gasteiger partial charge in [-0.2, -0.15) is 4.37 Å². The fourth-order valence-electron chi connectivity index (χ4n) is 4.28. The van der Waals surface area contributed by atoms with Gasteiger partial charge in [0, 0.05) is 50.6 Å². The van der Waals surface area contributed by atoms with E-state index >= 15 is 0 Å². The average Bonchev–Trinajstić information content (AvgIpc) is 3.41. The molecule has 4 aromatic rings. The molecular formula is C31H35FN4OS. The zero-order valence-electron chi connectivity index (χ0n) is 21.9. The van der Waals surface area contributed by atoms with Crippen molar-refractivity contribution in [3.63, 3.8) is 0 Å². The Hall–Kier alpha value is -3.58. The maximum absolute atomic E-state index is 13.5. The van der Waals surface area contributed by atoms with Crippen molar-refractivity contribution in [2.75, 3.05) is 24.5 Å². The van der Waals surface area contributed by atoms with Crippen molar-refractivity contribution in [3.05, 3.63) is 113 Å². The minimum absolute atomic E-state index is 0.141. The molecule has 0 aliphatic rings. The van der Waals surface area contributed by atoms with Crippen LogP contribution in [0.2, 0.25) is 0 Å². The first kappa shape index (κ1) is 27.5. The standard InChI is InChI=1S/C31H35FN4OS/c1-2-3-20-35(31-33-29(34-38-31)23-26-14-16-28(32)17-15-26)22-19-30(37)36(24-27-12-8-5-9-13-27)21-18-25-10-6-4-7-11-25/h4-17H,2-3,18-24H2,1H3. The molecule has 0 aliphatic carbocycles. The number of unbranched alkanes of at least 4 members (excludes halogenated alkanes) is 1. The molecule has 0 aliphatic heterocycles. The third kappa shape index (κ3) is 8.48. The molecule has 4 rings (SSSR count). The minimum Gasteiger partial charge on any atom is -0.346 e. The zero-order chi connectivity index (χ0) is 26.6. The van der Waals surface area contributed by atoms with Gasteiger partial charge in [0.25, 0.3) is 0 Å². The highest BCUT2D eigenvalue weighted by molar-refractivity contribution is 7.09. The molecule has 3 aromatic carbocycles. The van der Waals surface area contributed by atoms with Crippen LogP contribution in [0.5, 0.6) is 0 Å². The highest BCUT2D eigenvalue weighted by Gasteiger charge is 2.18. The van der Waals surface area contributed by atoms with Crippen LogP contribution in [0.15, 0.2) is 84.9 Å². The Labute approximate surface area is 229 Å². The highest BCUT2D eigenvalue weighted by atomic mass is 32.1. The van der Waals surface area contributed by atoms with Crippen LogP contribution in [0, 0.1) is 5.82 Å². The van der Waals surface area contributed by atoms with Crippen molar-refractivity contribution in [2.24, 2.45) is 0 Å². The number of halogens is 1. The molecule has 0 unspecified atom stereocenters. The number of benzene rings is 3. The van der Waals surface area contributed by atoms with Crippen molar-refractivity contribution in [3.8, 4) is 0 Å². The third-order valence-electron chi connectivity index (χ3n) is 6.46. The molecule has 0 spiro atoms. The van der Waals surface area contributed by atoms with E-state index in [1.807, 2.05) is 41.3 Å². The molecule has 1 aromatic heterocycles. The van der Waals surface area contributed by atoms with Crippen LogP contribution >= 0.6 is 11.5 Å². The molecule has 0 fully saturated rings. The number of nitrogens with zero attached hydrogens (tertiary/aromatic N) is 4. The Kier molecular flexibility index (Phi) is 10.4. The molecule has 198 valence electrons. The normalized spacial score (nSPS) is 10.9. The number of carbonyl (C=O) groups excluding carboxylic acids is 1. The first-order valence-corrected chi connectivity index (χ1v) is 14.1. The van der Waals surface area contributed by atoms with E-state index in [2.05, 4.69) is 40.5 Å². The summed E-state index contributed by atoms with van der Waals surface area (Å²) in [6.07, 6.45) is 3.87. The Bertz CT molecular complexity index is 1250. The number of aromatic nitrogens is 2. The van der Waals surface area contributed by atoms with Gasteiger partial charge in [-0.05, 0) is 41.7 Å². The summed E-state index contributed by atoms with van der Waals surface area (Å²) in [6, 6.07) is 26.9.